The number of benzene rings is 1. The number of carbonyl (C=O) groups is 1. The van der Waals surface area contributed by atoms with Gasteiger partial charge in [-0.3, -0.25) is 0 Å². The second-order valence-electron chi connectivity index (χ2n) is 6.50. The summed E-state index contributed by atoms with van der Waals surface area (Å²) in [5, 5.41) is 15.2. The molecule has 1 aromatic carbocycles. The zero-order valence-electron chi connectivity index (χ0n) is 14.2. The van der Waals surface area contributed by atoms with E-state index in [4.69, 9.17) is 0 Å². The van der Waals surface area contributed by atoms with Crippen LogP contribution in [0.25, 0.3) is 0 Å². The number of nitrogens with one attached hydrogen (secondary N) is 2. The minimum atomic E-state index is -0.479. The average Bonchev–Trinajstić information content (AvgIpc) is 2.54. The van der Waals surface area contributed by atoms with E-state index in [2.05, 4.69) is 28.5 Å². The van der Waals surface area contributed by atoms with Gasteiger partial charge in [0, 0.05) is 31.0 Å². The molecule has 0 saturated carbocycles. The maximum atomic E-state index is 11.9. The molecule has 0 aromatic heterocycles. The molecule has 23 heavy (non-hydrogen) atoms. The second kappa shape index (κ2) is 8.77. The van der Waals surface area contributed by atoms with Crippen molar-refractivity contribution in [1.82, 2.24) is 5.32 Å². The molecule has 0 bridgehead atoms. The number of aliphatic hydroxyl groups is 1. The van der Waals surface area contributed by atoms with Gasteiger partial charge in [0.05, 0.1) is 6.10 Å². The topological polar surface area (TPSA) is 64.6 Å². The largest absolute Gasteiger partial charge is 0.391 e. The van der Waals surface area contributed by atoms with Crippen molar-refractivity contribution >= 4 is 17.4 Å². The SMILES string of the molecule is CCCC(O)CNC(=O)Nc1cccc(N2CCC(C)CC2)c1. The number of aliphatic hydroxyl groups excluding tert-OH is 1. The summed E-state index contributed by atoms with van der Waals surface area (Å²) < 4.78 is 0. The van der Waals surface area contributed by atoms with E-state index in [0.717, 1.165) is 36.8 Å². The van der Waals surface area contributed by atoms with E-state index in [0.29, 0.717) is 6.42 Å². The summed E-state index contributed by atoms with van der Waals surface area (Å²) >= 11 is 0. The van der Waals surface area contributed by atoms with E-state index in [-0.39, 0.29) is 12.6 Å². The van der Waals surface area contributed by atoms with Gasteiger partial charge in [-0.05, 0) is 43.4 Å². The van der Waals surface area contributed by atoms with Gasteiger partial charge >= 0.3 is 6.03 Å². The summed E-state index contributed by atoms with van der Waals surface area (Å²) in [6.45, 7) is 6.73. The number of piperidine rings is 1. The Hall–Kier alpha value is -1.75. The van der Waals surface area contributed by atoms with Crippen LogP contribution in [-0.2, 0) is 0 Å². The molecule has 5 nitrogen and oxygen atoms in total. The third-order valence-electron chi connectivity index (χ3n) is 4.37. The fourth-order valence-electron chi connectivity index (χ4n) is 2.87. The van der Waals surface area contributed by atoms with Gasteiger partial charge < -0.3 is 20.6 Å². The smallest absolute Gasteiger partial charge is 0.319 e. The molecule has 3 N–H and O–H groups in total. The van der Waals surface area contributed by atoms with Crippen LogP contribution in [0.4, 0.5) is 16.2 Å². The molecule has 1 fully saturated rings. The molecule has 5 heteroatoms. The predicted molar refractivity (Wildman–Crippen MR) is 95.0 cm³/mol. The van der Waals surface area contributed by atoms with Crippen LogP contribution < -0.4 is 15.5 Å². The van der Waals surface area contributed by atoms with E-state index in [9.17, 15) is 9.90 Å². The monoisotopic (exact) mass is 319 g/mol. The Bertz CT molecular complexity index is 499. The lowest BCUT2D eigenvalue weighted by molar-refractivity contribution is 0.162. The molecule has 2 amide bonds. The lowest BCUT2D eigenvalue weighted by Gasteiger charge is -2.32. The van der Waals surface area contributed by atoms with Crippen molar-refractivity contribution in [3.63, 3.8) is 0 Å². The van der Waals surface area contributed by atoms with Crippen LogP contribution in [0, 0.1) is 5.92 Å². The molecule has 0 aliphatic carbocycles. The van der Waals surface area contributed by atoms with Crippen molar-refractivity contribution in [2.75, 3.05) is 29.9 Å². The van der Waals surface area contributed by atoms with E-state index < -0.39 is 6.10 Å². The summed E-state index contributed by atoms with van der Waals surface area (Å²) in [4.78, 5) is 14.3. The van der Waals surface area contributed by atoms with Crippen LogP contribution in [0.15, 0.2) is 24.3 Å². The molecule has 1 aliphatic rings. The van der Waals surface area contributed by atoms with Gasteiger partial charge in [0.1, 0.15) is 0 Å². The van der Waals surface area contributed by atoms with Gasteiger partial charge in [0.2, 0.25) is 0 Å². The number of amides is 2. The maximum Gasteiger partial charge on any atom is 0.319 e. The molecule has 0 radical (unpaired) electrons. The lowest BCUT2D eigenvalue weighted by atomic mass is 9.99. The first kappa shape index (κ1) is 17.6. The fraction of sp³-hybridized carbons (Fsp3) is 0.611. The van der Waals surface area contributed by atoms with E-state index >= 15 is 0 Å². The van der Waals surface area contributed by atoms with Gasteiger partial charge in [-0.1, -0.05) is 26.3 Å². The number of rotatable bonds is 6. The van der Waals surface area contributed by atoms with Crippen LogP contribution in [0.2, 0.25) is 0 Å². The molecule has 2 rings (SSSR count). The van der Waals surface area contributed by atoms with Crippen molar-refractivity contribution in [3.05, 3.63) is 24.3 Å². The molecular weight excluding hydrogens is 290 g/mol. The van der Waals surface area contributed by atoms with Crippen molar-refractivity contribution < 1.29 is 9.90 Å². The van der Waals surface area contributed by atoms with Crippen LogP contribution in [0.1, 0.15) is 39.5 Å². The number of hydrogen-bond acceptors (Lipinski definition) is 3. The van der Waals surface area contributed by atoms with Crippen LogP contribution in [0.3, 0.4) is 0 Å². The average molecular weight is 319 g/mol. The molecule has 1 aromatic rings. The quantitative estimate of drug-likeness (QED) is 0.754. The van der Waals surface area contributed by atoms with Crippen molar-refractivity contribution in [2.24, 2.45) is 5.92 Å². The first-order valence-corrected chi connectivity index (χ1v) is 8.66. The molecule has 1 unspecified atom stereocenters. The van der Waals surface area contributed by atoms with Gasteiger partial charge in [-0.2, -0.15) is 0 Å². The zero-order valence-corrected chi connectivity index (χ0v) is 14.2. The summed E-state index contributed by atoms with van der Waals surface area (Å²) in [7, 11) is 0. The molecule has 1 saturated heterocycles. The number of urea groups is 1. The first-order chi connectivity index (χ1) is 11.1. The highest BCUT2D eigenvalue weighted by Gasteiger charge is 2.16. The van der Waals surface area contributed by atoms with Gasteiger partial charge in [-0.25, -0.2) is 4.79 Å². The predicted octanol–water partition coefficient (Wildman–Crippen LogP) is 3.21. The lowest BCUT2D eigenvalue weighted by Crippen LogP contribution is -2.35. The molecule has 1 aliphatic heterocycles. The van der Waals surface area contributed by atoms with Crippen LogP contribution >= 0.6 is 0 Å². The van der Waals surface area contributed by atoms with Crippen molar-refractivity contribution in [3.8, 4) is 0 Å². The highest BCUT2D eigenvalue weighted by molar-refractivity contribution is 5.89. The Morgan fingerprint density at radius 1 is 1.39 bits per heavy atom. The highest BCUT2D eigenvalue weighted by Crippen LogP contribution is 2.25. The van der Waals surface area contributed by atoms with Crippen molar-refractivity contribution in [1.29, 1.82) is 0 Å². The van der Waals surface area contributed by atoms with Crippen LogP contribution in [0.5, 0.6) is 0 Å². The molecule has 1 atom stereocenters. The summed E-state index contributed by atoms with van der Waals surface area (Å²) in [6, 6.07) is 7.68. The van der Waals surface area contributed by atoms with Gasteiger partial charge in [0.15, 0.2) is 0 Å². The Kier molecular flexibility index (Phi) is 6.71. The van der Waals surface area contributed by atoms with Crippen molar-refractivity contribution in [2.45, 2.75) is 45.6 Å². The molecule has 1 heterocycles. The highest BCUT2D eigenvalue weighted by atomic mass is 16.3. The summed E-state index contributed by atoms with van der Waals surface area (Å²) in [6.07, 6.45) is 3.55. The minimum Gasteiger partial charge on any atom is -0.391 e. The third kappa shape index (κ3) is 5.75. The molecule has 128 valence electrons. The van der Waals surface area contributed by atoms with E-state index in [1.165, 1.54) is 12.8 Å². The van der Waals surface area contributed by atoms with E-state index in [1.54, 1.807) is 0 Å². The number of carbonyl (C=O) groups excluding carboxylic acids is 1. The number of hydrogen-bond donors (Lipinski definition) is 3. The van der Waals surface area contributed by atoms with Gasteiger partial charge in [-0.15, -0.1) is 0 Å². The van der Waals surface area contributed by atoms with E-state index in [1.807, 2.05) is 25.1 Å². The Morgan fingerprint density at radius 2 is 2.13 bits per heavy atom. The number of nitrogens with zero attached hydrogens (tertiary/aromatic N) is 1. The maximum absolute atomic E-state index is 11.9. The fourth-order valence-corrected chi connectivity index (χ4v) is 2.87. The number of anilines is 2. The zero-order chi connectivity index (χ0) is 16.7. The van der Waals surface area contributed by atoms with Gasteiger partial charge in [0.25, 0.3) is 0 Å². The standard InChI is InChI=1S/C18H29N3O2/c1-3-5-17(22)13-19-18(23)20-15-6-4-7-16(12-15)21-10-8-14(2)9-11-21/h4,6-7,12,14,17,22H,3,5,8-11,13H2,1-2H3,(H2,19,20,23). The normalized spacial score (nSPS) is 16.9. The first-order valence-electron chi connectivity index (χ1n) is 8.66. The van der Waals surface area contributed by atoms with Crippen LogP contribution in [-0.4, -0.2) is 36.9 Å². The summed E-state index contributed by atoms with van der Waals surface area (Å²) in [5.41, 5.74) is 1.93. The Balaban J connectivity index is 1.86. The molecule has 0 spiro atoms. The third-order valence-corrected chi connectivity index (χ3v) is 4.37. The molecular formula is C18H29N3O2. The summed E-state index contributed by atoms with van der Waals surface area (Å²) in [5.74, 6) is 0.799. The second-order valence-corrected chi connectivity index (χ2v) is 6.50. The Labute approximate surface area is 139 Å². The minimum absolute atomic E-state index is 0.274. The Morgan fingerprint density at radius 3 is 2.83 bits per heavy atom.